The number of hydrogen-bond donors (Lipinski definition) is 3. The second-order valence-corrected chi connectivity index (χ2v) is 10.5. The fraction of sp³-hybridized carbons (Fsp3) is 0.217. The van der Waals surface area contributed by atoms with Crippen molar-refractivity contribution in [2.24, 2.45) is 0 Å². The van der Waals surface area contributed by atoms with E-state index in [1.807, 2.05) is 16.2 Å². The van der Waals surface area contributed by atoms with E-state index >= 15 is 0 Å². The highest BCUT2D eigenvalue weighted by atomic mass is 35.5. The SMILES string of the molecule is O=C(Cc1cccc(Cl)c1)N[C@@H](Cc1ccc(NS(=O)(=O)O)cc1)c1coc(C2CC=CS2)n1. The Morgan fingerprint density at radius 1 is 1.24 bits per heavy atom. The fourth-order valence-corrected chi connectivity index (χ4v) is 5.06. The molecule has 2 aromatic carbocycles. The van der Waals surface area contributed by atoms with Crippen molar-refractivity contribution < 1.29 is 22.2 Å². The van der Waals surface area contributed by atoms with Gasteiger partial charge in [0, 0.05) is 5.02 Å². The highest BCUT2D eigenvalue weighted by Crippen LogP contribution is 2.38. The van der Waals surface area contributed by atoms with Gasteiger partial charge in [0.1, 0.15) is 12.0 Å². The normalized spacial score (nSPS) is 16.4. The standard InChI is InChI=1S/C23H22ClN3O5S2/c24-17-4-1-3-16(11-17)13-22(28)25-19(20-14-32-23(26-20)21-5-2-10-33-21)12-15-6-8-18(9-7-15)27-34(29,30)31/h1-4,6-11,14,19,21,27H,5,12-13H2,(H,25,28)(H,29,30,31)/t19-,21?/m0/s1. The number of aromatic nitrogens is 1. The first-order valence-corrected chi connectivity index (χ1v) is 13.1. The average Bonchev–Trinajstić information content (AvgIpc) is 3.46. The molecule has 34 heavy (non-hydrogen) atoms. The van der Waals surface area contributed by atoms with E-state index in [-0.39, 0.29) is 23.3 Å². The summed E-state index contributed by atoms with van der Waals surface area (Å²) in [6, 6.07) is 13.1. The zero-order valence-corrected chi connectivity index (χ0v) is 20.2. The number of benzene rings is 2. The van der Waals surface area contributed by atoms with E-state index in [0.717, 1.165) is 17.5 Å². The predicted molar refractivity (Wildman–Crippen MR) is 132 cm³/mol. The summed E-state index contributed by atoms with van der Waals surface area (Å²) in [5, 5.41) is 5.72. The minimum atomic E-state index is -4.36. The van der Waals surface area contributed by atoms with Gasteiger partial charge in [-0.15, -0.1) is 11.8 Å². The smallest absolute Gasteiger partial charge is 0.357 e. The number of anilines is 1. The van der Waals surface area contributed by atoms with Gasteiger partial charge in [-0.3, -0.25) is 14.1 Å². The van der Waals surface area contributed by atoms with Crippen molar-refractivity contribution >= 4 is 45.3 Å². The summed E-state index contributed by atoms with van der Waals surface area (Å²) >= 11 is 7.67. The van der Waals surface area contributed by atoms with Gasteiger partial charge in [0.2, 0.25) is 11.8 Å². The van der Waals surface area contributed by atoms with Crippen LogP contribution in [0.15, 0.2) is 70.7 Å². The van der Waals surface area contributed by atoms with Gasteiger partial charge in [0.05, 0.1) is 23.4 Å². The van der Waals surface area contributed by atoms with E-state index in [0.29, 0.717) is 23.0 Å². The highest BCUT2D eigenvalue weighted by molar-refractivity contribution is 8.02. The third-order valence-electron chi connectivity index (χ3n) is 5.09. The molecule has 3 aromatic rings. The number of oxazole rings is 1. The summed E-state index contributed by atoms with van der Waals surface area (Å²) in [7, 11) is -4.36. The van der Waals surface area contributed by atoms with Crippen LogP contribution in [0.2, 0.25) is 5.02 Å². The number of amides is 1. The average molecular weight is 520 g/mol. The molecule has 3 N–H and O–H groups in total. The van der Waals surface area contributed by atoms with Crippen LogP contribution in [0.5, 0.6) is 0 Å². The van der Waals surface area contributed by atoms with E-state index in [1.165, 1.54) is 12.1 Å². The monoisotopic (exact) mass is 519 g/mol. The first-order valence-electron chi connectivity index (χ1n) is 10.4. The van der Waals surface area contributed by atoms with Gasteiger partial charge >= 0.3 is 10.3 Å². The van der Waals surface area contributed by atoms with Crippen LogP contribution in [-0.2, 0) is 27.9 Å². The van der Waals surface area contributed by atoms with Crippen molar-refractivity contribution in [2.45, 2.75) is 30.6 Å². The number of carbonyl (C=O) groups excluding carboxylic acids is 1. The number of thioether (sulfide) groups is 1. The molecule has 2 heterocycles. The topological polar surface area (TPSA) is 122 Å². The molecule has 1 aromatic heterocycles. The molecular weight excluding hydrogens is 498 g/mol. The summed E-state index contributed by atoms with van der Waals surface area (Å²) in [5.41, 5.74) is 2.44. The van der Waals surface area contributed by atoms with Crippen LogP contribution in [0, 0.1) is 0 Å². The molecule has 1 aliphatic heterocycles. The summed E-state index contributed by atoms with van der Waals surface area (Å²) in [4.78, 5) is 17.5. The maximum atomic E-state index is 12.8. The summed E-state index contributed by atoms with van der Waals surface area (Å²) in [6.07, 6.45) is 5.01. The minimum absolute atomic E-state index is 0.113. The highest BCUT2D eigenvalue weighted by Gasteiger charge is 2.24. The number of hydrogen-bond acceptors (Lipinski definition) is 6. The van der Waals surface area contributed by atoms with Crippen LogP contribution in [0.1, 0.15) is 40.4 Å². The quantitative estimate of drug-likeness (QED) is 0.344. The van der Waals surface area contributed by atoms with Crippen LogP contribution in [-0.4, -0.2) is 23.9 Å². The lowest BCUT2D eigenvalue weighted by Crippen LogP contribution is -2.31. The maximum absolute atomic E-state index is 12.8. The van der Waals surface area contributed by atoms with Crippen molar-refractivity contribution in [1.82, 2.24) is 10.3 Å². The van der Waals surface area contributed by atoms with Gasteiger partial charge in [-0.05, 0) is 53.6 Å². The first-order chi connectivity index (χ1) is 16.2. The zero-order chi connectivity index (χ0) is 24.1. The van der Waals surface area contributed by atoms with Gasteiger partial charge in [0.25, 0.3) is 0 Å². The lowest BCUT2D eigenvalue weighted by atomic mass is 10.0. The Labute approximate surface area is 206 Å². The van der Waals surface area contributed by atoms with Crippen molar-refractivity contribution in [1.29, 1.82) is 0 Å². The van der Waals surface area contributed by atoms with Gasteiger partial charge in [-0.2, -0.15) is 8.42 Å². The third-order valence-corrected chi connectivity index (χ3v) is 6.89. The summed E-state index contributed by atoms with van der Waals surface area (Å²) < 4.78 is 38.7. The van der Waals surface area contributed by atoms with Crippen LogP contribution >= 0.6 is 23.4 Å². The van der Waals surface area contributed by atoms with Gasteiger partial charge in [-0.1, -0.05) is 41.9 Å². The number of carbonyl (C=O) groups is 1. The molecule has 0 saturated heterocycles. The maximum Gasteiger partial charge on any atom is 0.357 e. The van der Waals surface area contributed by atoms with Gasteiger partial charge in [0.15, 0.2) is 0 Å². The molecule has 1 unspecified atom stereocenters. The molecule has 0 fully saturated rings. The number of allylic oxidation sites excluding steroid dienone is 1. The molecule has 0 bridgehead atoms. The van der Waals surface area contributed by atoms with Gasteiger partial charge in [-0.25, -0.2) is 4.98 Å². The molecular formula is C23H22ClN3O5S2. The van der Waals surface area contributed by atoms with Crippen LogP contribution in [0.3, 0.4) is 0 Å². The minimum Gasteiger partial charge on any atom is -0.447 e. The lowest BCUT2D eigenvalue weighted by Gasteiger charge is -2.17. The van der Waals surface area contributed by atoms with E-state index in [1.54, 1.807) is 48.4 Å². The van der Waals surface area contributed by atoms with Gasteiger partial charge < -0.3 is 9.73 Å². The Morgan fingerprint density at radius 2 is 2.03 bits per heavy atom. The van der Waals surface area contributed by atoms with E-state index < -0.39 is 16.3 Å². The molecule has 1 aliphatic rings. The Morgan fingerprint density at radius 3 is 2.71 bits per heavy atom. The first kappa shape index (κ1) is 24.3. The number of halogens is 1. The Bertz CT molecular complexity index is 1280. The largest absolute Gasteiger partial charge is 0.447 e. The lowest BCUT2D eigenvalue weighted by molar-refractivity contribution is -0.121. The molecule has 178 valence electrons. The van der Waals surface area contributed by atoms with E-state index in [4.69, 9.17) is 20.6 Å². The second kappa shape index (κ2) is 10.6. The van der Waals surface area contributed by atoms with Crippen molar-refractivity contribution in [3.05, 3.63) is 94.0 Å². The number of nitrogens with one attached hydrogen (secondary N) is 2. The Balaban J connectivity index is 1.51. The summed E-state index contributed by atoms with van der Waals surface area (Å²) in [5.74, 6) is 0.408. The molecule has 0 radical (unpaired) electrons. The fourth-order valence-electron chi connectivity index (χ4n) is 3.55. The van der Waals surface area contributed by atoms with Crippen LogP contribution < -0.4 is 10.0 Å². The van der Waals surface area contributed by atoms with E-state index in [9.17, 15) is 13.2 Å². The molecule has 0 spiro atoms. The molecule has 4 rings (SSSR count). The Kier molecular flexibility index (Phi) is 7.62. The number of nitrogens with zero attached hydrogens (tertiary/aromatic N) is 1. The molecule has 0 saturated carbocycles. The molecule has 8 nitrogen and oxygen atoms in total. The predicted octanol–water partition coefficient (Wildman–Crippen LogP) is 4.88. The van der Waals surface area contributed by atoms with Crippen molar-refractivity contribution in [3.63, 3.8) is 0 Å². The number of rotatable bonds is 9. The summed E-state index contributed by atoms with van der Waals surface area (Å²) in [6.45, 7) is 0. The molecule has 11 heteroatoms. The van der Waals surface area contributed by atoms with Crippen molar-refractivity contribution in [3.8, 4) is 0 Å². The van der Waals surface area contributed by atoms with Crippen LogP contribution in [0.4, 0.5) is 5.69 Å². The third kappa shape index (κ3) is 6.86. The Hall–Kier alpha value is -2.79. The van der Waals surface area contributed by atoms with Crippen LogP contribution in [0.25, 0.3) is 0 Å². The van der Waals surface area contributed by atoms with E-state index in [2.05, 4.69) is 16.4 Å². The van der Waals surface area contributed by atoms with Crippen molar-refractivity contribution in [2.75, 3.05) is 4.72 Å². The zero-order valence-electron chi connectivity index (χ0n) is 17.8. The molecule has 0 aliphatic carbocycles. The molecule has 1 amide bonds. The second-order valence-electron chi connectivity index (χ2n) is 7.75. The molecule has 2 atom stereocenters.